The molecule has 19 heavy (non-hydrogen) atoms. The van der Waals surface area contributed by atoms with Crippen molar-refractivity contribution in [1.82, 2.24) is 5.32 Å². The fraction of sp³-hybridized carbons (Fsp3) is 0.600. The Morgan fingerprint density at radius 3 is 2.68 bits per heavy atom. The van der Waals surface area contributed by atoms with Crippen LogP contribution in [0, 0.1) is 5.82 Å². The highest BCUT2D eigenvalue weighted by Crippen LogP contribution is 2.26. The summed E-state index contributed by atoms with van der Waals surface area (Å²) in [5.41, 5.74) is 0.682. The van der Waals surface area contributed by atoms with Crippen molar-refractivity contribution in [3.63, 3.8) is 0 Å². The summed E-state index contributed by atoms with van der Waals surface area (Å²) in [4.78, 5) is 0. The molecule has 0 aliphatic heterocycles. The predicted molar refractivity (Wildman–Crippen MR) is 72.9 cm³/mol. The van der Waals surface area contributed by atoms with Gasteiger partial charge in [0.1, 0.15) is 11.6 Å². The van der Waals surface area contributed by atoms with Gasteiger partial charge >= 0.3 is 0 Å². The van der Waals surface area contributed by atoms with Crippen LogP contribution in [-0.4, -0.2) is 26.4 Å². The Bertz CT molecular complexity index is 425. The predicted octanol–water partition coefficient (Wildman–Crippen LogP) is 3.05. The zero-order chi connectivity index (χ0) is 13.8. The monoisotopic (exact) mass is 267 g/mol. The van der Waals surface area contributed by atoms with Crippen molar-refractivity contribution in [2.45, 2.75) is 44.4 Å². The third-order valence-electron chi connectivity index (χ3n) is 3.88. The van der Waals surface area contributed by atoms with Gasteiger partial charge in [0.2, 0.25) is 0 Å². The Balaban J connectivity index is 1.98. The summed E-state index contributed by atoms with van der Waals surface area (Å²) in [5, 5.41) is 3.48. The van der Waals surface area contributed by atoms with Gasteiger partial charge in [-0.2, -0.15) is 0 Å². The van der Waals surface area contributed by atoms with Crippen molar-refractivity contribution in [1.29, 1.82) is 0 Å². The highest BCUT2D eigenvalue weighted by atomic mass is 19.1. The number of benzene rings is 1. The summed E-state index contributed by atoms with van der Waals surface area (Å²) < 4.78 is 24.3. The van der Waals surface area contributed by atoms with Crippen LogP contribution in [0.5, 0.6) is 5.75 Å². The Labute approximate surface area is 114 Å². The van der Waals surface area contributed by atoms with Gasteiger partial charge in [-0.3, -0.25) is 0 Å². The van der Waals surface area contributed by atoms with Gasteiger partial charge < -0.3 is 14.8 Å². The molecule has 4 heteroatoms. The molecular weight excluding hydrogens is 245 g/mol. The lowest BCUT2D eigenvalue weighted by Gasteiger charge is -2.20. The molecule has 0 amide bonds. The molecule has 0 bridgehead atoms. The number of hydrogen-bond donors (Lipinski definition) is 1. The van der Waals surface area contributed by atoms with Gasteiger partial charge in [0.25, 0.3) is 0 Å². The molecule has 0 aromatic heterocycles. The van der Waals surface area contributed by atoms with Crippen LogP contribution in [0.1, 0.15) is 37.8 Å². The van der Waals surface area contributed by atoms with E-state index >= 15 is 0 Å². The van der Waals surface area contributed by atoms with Crippen molar-refractivity contribution in [2.24, 2.45) is 0 Å². The lowest BCUT2D eigenvalue weighted by molar-refractivity contribution is 0.106. The number of ether oxygens (including phenoxy) is 2. The quantitative estimate of drug-likeness (QED) is 0.889. The molecule has 0 spiro atoms. The van der Waals surface area contributed by atoms with Crippen molar-refractivity contribution >= 4 is 0 Å². The molecule has 2 rings (SSSR count). The number of halogens is 1. The summed E-state index contributed by atoms with van der Waals surface area (Å²) in [5.74, 6) is 0.328. The maximum absolute atomic E-state index is 14.0. The first-order valence-corrected chi connectivity index (χ1v) is 6.76. The Morgan fingerprint density at radius 1 is 1.32 bits per heavy atom. The van der Waals surface area contributed by atoms with Gasteiger partial charge in [-0.05, 0) is 32.3 Å². The summed E-state index contributed by atoms with van der Waals surface area (Å²) >= 11 is 0. The molecule has 3 nitrogen and oxygen atoms in total. The molecule has 0 heterocycles. The van der Waals surface area contributed by atoms with Crippen molar-refractivity contribution in [3.05, 3.63) is 29.6 Å². The molecular formula is C15H22FNO2. The number of nitrogens with one attached hydrogen (secondary N) is 1. The Morgan fingerprint density at radius 2 is 2.11 bits per heavy atom. The standard InChI is InChI=1S/C15H22FNO2/c1-10(17-11-4-5-12(8-11)18-2)14-7-6-13(19-3)9-15(14)16/h6-7,9-12,17H,4-5,8H2,1-3H3. The van der Waals surface area contributed by atoms with E-state index in [9.17, 15) is 4.39 Å². The van der Waals surface area contributed by atoms with Crippen LogP contribution in [0.25, 0.3) is 0 Å². The Hall–Kier alpha value is -1.13. The SMILES string of the molecule is COc1ccc(C(C)NC2CCC(OC)C2)c(F)c1. The largest absolute Gasteiger partial charge is 0.497 e. The van der Waals surface area contributed by atoms with Gasteiger partial charge in [-0.15, -0.1) is 0 Å². The van der Waals surface area contributed by atoms with E-state index in [1.807, 2.05) is 6.92 Å². The summed E-state index contributed by atoms with van der Waals surface area (Å²) in [7, 11) is 3.29. The molecule has 0 radical (unpaired) electrons. The highest BCUT2D eigenvalue weighted by Gasteiger charge is 2.26. The van der Waals surface area contributed by atoms with E-state index in [2.05, 4.69) is 5.32 Å². The minimum absolute atomic E-state index is 0.00786. The number of hydrogen-bond acceptors (Lipinski definition) is 3. The van der Waals surface area contributed by atoms with Crippen LogP contribution in [0.3, 0.4) is 0 Å². The second-order valence-electron chi connectivity index (χ2n) is 5.14. The minimum atomic E-state index is -0.222. The minimum Gasteiger partial charge on any atom is -0.497 e. The molecule has 1 saturated carbocycles. The van der Waals surface area contributed by atoms with E-state index in [1.165, 1.54) is 6.07 Å². The van der Waals surface area contributed by atoms with Crippen LogP contribution < -0.4 is 10.1 Å². The lowest BCUT2D eigenvalue weighted by atomic mass is 10.1. The normalized spacial score (nSPS) is 24.4. The molecule has 0 saturated heterocycles. The fourth-order valence-electron chi connectivity index (χ4n) is 2.73. The van der Waals surface area contributed by atoms with Crippen LogP contribution >= 0.6 is 0 Å². The lowest BCUT2D eigenvalue weighted by Crippen LogP contribution is -2.30. The second kappa shape index (κ2) is 6.35. The number of methoxy groups -OCH3 is 2. The Kier molecular flexibility index (Phi) is 4.77. The van der Waals surface area contributed by atoms with E-state index < -0.39 is 0 Å². The van der Waals surface area contributed by atoms with Gasteiger partial charge in [-0.1, -0.05) is 6.07 Å². The van der Waals surface area contributed by atoms with Crippen molar-refractivity contribution < 1.29 is 13.9 Å². The second-order valence-corrected chi connectivity index (χ2v) is 5.14. The van der Waals surface area contributed by atoms with Gasteiger partial charge in [0.15, 0.2) is 0 Å². The third-order valence-corrected chi connectivity index (χ3v) is 3.88. The van der Waals surface area contributed by atoms with E-state index in [0.717, 1.165) is 19.3 Å². The average molecular weight is 267 g/mol. The first-order chi connectivity index (χ1) is 9.13. The summed E-state index contributed by atoms with van der Waals surface area (Å²) in [6.07, 6.45) is 3.50. The molecule has 1 aromatic carbocycles. The average Bonchev–Trinajstić information content (AvgIpc) is 2.86. The van der Waals surface area contributed by atoms with Gasteiger partial charge in [0.05, 0.1) is 13.2 Å². The van der Waals surface area contributed by atoms with Crippen LogP contribution in [-0.2, 0) is 4.74 Å². The van der Waals surface area contributed by atoms with Gasteiger partial charge in [-0.25, -0.2) is 4.39 Å². The number of rotatable bonds is 5. The van der Waals surface area contributed by atoms with Gasteiger partial charge in [0, 0.05) is 30.8 Å². The van der Waals surface area contributed by atoms with Crippen LogP contribution in [0.4, 0.5) is 4.39 Å². The maximum Gasteiger partial charge on any atom is 0.131 e. The molecule has 106 valence electrons. The molecule has 3 unspecified atom stereocenters. The third kappa shape index (κ3) is 3.45. The topological polar surface area (TPSA) is 30.5 Å². The highest BCUT2D eigenvalue weighted by molar-refractivity contribution is 5.30. The van der Waals surface area contributed by atoms with Crippen LogP contribution in [0.15, 0.2) is 18.2 Å². The van der Waals surface area contributed by atoms with E-state index in [-0.39, 0.29) is 11.9 Å². The summed E-state index contributed by atoms with van der Waals surface area (Å²) in [6.45, 7) is 1.99. The van der Waals surface area contributed by atoms with E-state index in [4.69, 9.17) is 9.47 Å². The molecule has 1 aliphatic rings. The van der Waals surface area contributed by atoms with Crippen molar-refractivity contribution in [3.8, 4) is 5.75 Å². The van der Waals surface area contributed by atoms with E-state index in [1.54, 1.807) is 26.4 Å². The fourth-order valence-corrected chi connectivity index (χ4v) is 2.73. The zero-order valence-electron chi connectivity index (χ0n) is 11.8. The first-order valence-electron chi connectivity index (χ1n) is 6.76. The molecule has 3 atom stereocenters. The molecule has 1 aromatic rings. The zero-order valence-corrected chi connectivity index (χ0v) is 11.8. The molecule has 1 fully saturated rings. The smallest absolute Gasteiger partial charge is 0.131 e. The first kappa shape index (κ1) is 14.3. The van der Waals surface area contributed by atoms with Crippen LogP contribution in [0.2, 0.25) is 0 Å². The van der Waals surface area contributed by atoms with Crippen molar-refractivity contribution in [2.75, 3.05) is 14.2 Å². The molecule has 1 N–H and O–H groups in total. The maximum atomic E-state index is 14.0. The molecule has 1 aliphatic carbocycles. The van der Waals surface area contributed by atoms with E-state index in [0.29, 0.717) is 23.5 Å². The summed E-state index contributed by atoms with van der Waals surface area (Å²) in [6, 6.07) is 5.41.